The molecular weight excluding hydrogens is 386 g/mol. The van der Waals surface area contributed by atoms with E-state index in [2.05, 4.69) is 36.2 Å². The molecule has 1 aromatic carbocycles. The van der Waals surface area contributed by atoms with Crippen LogP contribution in [-0.2, 0) is 0 Å². The zero-order valence-corrected chi connectivity index (χ0v) is 16.7. The molecule has 0 spiro atoms. The van der Waals surface area contributed by atoms with Crippen LogP contribution in [0.1, 0.15) is 5.56 Å². The summed E-state index contributed by atoms with van der Waals surface area (Å²) < 4.78 is 0. The standard InChI is InChI=1S/C24H17N7/c1-14-9-15(12-25-11-14)20-10-17-21(13-27-20)30-31-23(17)24-28-19-7-4-5-16(22(19)29-24)18-6-2-3-8-26-18/h2-13H,1H3,(H,28,29)(H,30,31). The molecular formula is C24H17N7. The Labute approximate surface area is 177 Å². The van der Waals surface area contributed by atoms with E-state index < -0.39 is 0 Å². The number of imidazole rings is 1. The molecule has 0 bridgehead atoms. The van der Waals surface area contributed by atoms with Crippen LogP contribution in [0.5, 0.6) is 0 Å². The van der Waals surface area contributed by atoms with Gasteiger partial charge in [-0.25, -0.2) is 4.98 Å². The second-order valence-electron chi connectivity index (χ2n) is 7.44. The van der Waals surface area contributed by atoms with Crippen molar-refractivity contribution in [2.45, 2.75) is 6.92 Å². The Kier molecular flexibility index (Phi) is 3.86. The van der Waals surface area contributed by atoms with Gasteiger partial charge in [-0.15, -0.1) is 0 Å². The van der Waals surface area contributed by atoms with Crippen molar-refractivity contribution in [2.24, 2.45) is 0 Å². The summed E-state index contributed by atoms with van der Waals surface area (Å²) >= 11 is 0. The third-order valence-electron chi connectivity index (χ3n) is 5.30. The SMILES string of the molecule is Cc1cncc(-c2cc3c(-c4nc5c(-c6ccccn6)cccc5[nH]4)n[nH]c3cn2)c1. The summed E-state index contributed by atoms with van der Waals surface area (Å²) in [4.78, 5) is 21.6. The van der Waals surface area contributed by atoms with Crippen LogP contribution in [0.15, 0.2) is 73.3 Å². The summed E-state index contributed by atoms with van der Waals surface area (Å²) in [6.45, 7) is 2.02. The van der Waals surface area contributed by atoms with Gasteiger partial charge in [-0.1, -0.05) is 18.2 Å². The fourth-order valence-electron chi connectivity index (χ4n) is 3.82. The zero-order valence-electron chi connectivity index (χ0n) is 16.7. The van der Waals surface area contributed by atoms with E-state index in [4.69, 9.17) is 4.98 Å². The number of nitrogens with zero attached hydrogens (tertiary/aromatic N) is 5. The van der Waals surface area contributed by atoms with E-state index in [1.54, 1.807) is 12.4 Å². The van der Waals surface area contributed by atoms with Gasteiger partial charge in [-0.3, -0.25) is 20.1 Å². The average molecular weight is 403 g/mol. The first-order valence-electron chi connectivity index (χ1n) is 9.93. The molecule has 0 aliphatic heterocycles. The molecule has 5 aromatic heterocycles. The van der Waals surface area contributed by atoms with Crippen LogP contribution < -0.4 is 0 Å². The number of para-hydroxylation sites is 1. The average Bonchev–Trinajstić information content (AvgIpc) is 3.43. The number of nitrogens with one attached hydrogen (secondary N) is 2. The van der Waals surface area contributed by atoms with Crippen molar-refractivity contribution in [1.82, 2.24) is 35.1 Å². The highest BCUT2D eigenvalue weighted by Gasteiger charge is 2.16. The number of aromatic nitrogens is 7. The third-order valence-corrected chi connectivity index (χ3v) is 5.30. The largest absolute Gasteiger partial charge is 0.337 e. The van der Waals surface area contributed by atoms with Crippen molar-refractivity contribution in [3.8, 4) is 34.0 Å². The smallest absolute Gasteiger partial charge is 0.159 e. The van der Waals surface area contributed by atoms with Gasteiger partial charge in [0.05, 0.1) is 34.1 Å². The van der Waals surface area contributed by atoms with Crippen LogP contribution in [0.3, 0.4) is 0 Å². The summed E-state index contributed by atoms with van der Waals surface area (Å²) in [5.74, 6) is 0.698. The first-order valence-corrected chi connectivity index (χ1v) is 9.93. The van der Waals surface area contributed by atoms with Gasteiger partial charge >= 0.3 is 0 Å². The maximum absolute atomic E-state index is 4.89. The molecule has 7 heteroatoms. The minimum atomic E-state index is 0.698. The Morgan fingerprint density at radius 3 is 2.68 bits per heavy atom. The van der Waals surface area contributed by atoms with Gasteiger partial charge in [-0.05, 0) is 42.8 Å². The van der Waals surface area contributed by atoms with Crippen molar-refractivity contribution >= 4 is 21.9 Å². The normalized spacial score (nSPS) is 11.4. The molecule has 0 unspecified atom stereocenters. The quantitative estimate of drug-likeness (QED) is 0.437. The molecule has 31 heavy (non-hydrogen) atoms. The van der Waals surface area contributed by atoms with Gasteiger partial charge in [0.15, 0.2) is 5.82 Å². The van der Waals surface area contributed by atoms with E-state index >= 15 is 0 Å². The van der Waals surface area contributed by atoms with Gasteiger partial charge in [0.2, 0.25) is 0 Å². The van der Waals surface area contributed by atoms with E-state index in [9.17, 15) is 0 Å². The monoisotopic (exact) mass is 403 g/mol. The molecule has 0 aliphatic rings. The number of aromatic amines is 2. The molecule has 0 amide bonds. The number of fused-ring (bicyclic) bond motifs is 2. The van der Waals surface area contributed by atoms with Crippen LogP contribution >= 0.6 is 0 Å². The van der Waals surface area contributed by atoms with Gasteiger partial charge in [0, 0.05) is 35.1 Å². The lowest BCUT2D eigenvalue weighted by molar-refractivity contribution is 1.10. The maximum Gasteiger partial charge on any atom is 0.159 e. The molecule has 0 saturated carbocycles. The molecule has 0 atom stereocenters. The Bertz CT molecular complexity index is 1550. The molecule has 2 N–H and O–H groups in total. The Balaban J connectivity index is 1.51. The predicted octanol–water partition coefficient (Wildman–Crippen LogP) is 4.93. The first-order chi connectivity index (χ1) is 15.3. The number of hydrogen-bond acceptors (Lipinski definition) is 5. The summed E-state index contributed by atoms with van der Waals surface area (Å²) in [6, 6.07) is 16.0. The summed E-state index contributed by atoms with van der Waals surface area (Å²) in [6.07, 6.45) is 7.24. The second-order valence-corrected chi connectivity index (χ2v) is 7.44. The van der Waals surface area contributed by atoms with Crippen LogP contribution in [0, 0.1) is 6.92 Å². The van der Waals surface area contributed by atoms with Crippen LogP contribution in [0.25, 0.3) is 56.0 Å². The summed E-state index contributed by atoms with van der Waals surface area (Å²) in [5.41, 5.74) is 8.17. The topological polar surface area (TPSA) is 96.0 Å². The number of hydrogen-bond donors (Lipinski definition) is 2. The number of pyridine rings is 3. The Hall–Kier alpha value is -4.39. The van der Waals surface area contributed by atoms with Crippen molar-refractivity contribution in [3.63, 3.8) is 0 Å². The van der Waals surface area contributed by atoms with E-state index in [1.807, 2.05) is 61.8 Å². The minimum absolute atomic E-state index is 0.698. The Morgan fingerprint density at radius 2 is 1.81 bits per heavy atom. The minimum Gasteiger partial charge on any atom is -0.337 e. The van der Waals surface area contributed by atoms with Crippen LogP contribution in [0.2, 0.25) is 0 Å². The zero-order chi connectivity index (χ0) is 20.8. The number of rotatable bonds is 3. The predicted molar refractivity (Wildman–Crippen MR) is 120 cm³/mol. The van der Waals surface area contributed by atoms with Gasteiger partial charge in [-0.2, -0.15) is 5.10 Å². The second kappa shape index (κ2) is 6.84. The van der Waals surface area contributed by atoms with Gasteiger partial charge in [0.1, 0.15) is 5.69 Å². The highest BCUT2D eigenvalue weighted by Crippen LogP contribution is 2.31. The summed E-state index contributed by atoms with van der Waals surface area (Å²) in [5, 5.41) is 8.54. The highest BCUT2D eigenvalue weighted by atomic mass is 15.1. The lowest BCUT2D eigenvalue weighted by atomic mass is 10.1. The van der Waals surface area contributed by atoms with Gasteiger partial charge < -0.3 is 4.98 Å². The third kappa shape index (κ3) is 2.95. The number of benzene rings is 1. The van der Waals surface area contributed by atoms with E-state index in [-0.39, 0.29) is 0 Å². The lowest BCUT2D eigenvalue weighted by Crippen LogP contribution is -1.87. The Morgan fingerprint density at radius 1 is 0.839 bits per heavy atom. The molecule has 0 fully saturated rings. The molecule has 0 saturated heterocycles. The van der Waals surface area contributed by atoms with E-state index in [0.29, 0.717) is 5.82 Å². The fourth-order valence-corrected chi connectivity index (χ4v) is 3.82. The number of H-pyrrole nitrogens is 2. The number of aryl methyl sites for hydroxylation is 1. The van der Waals surface area contributed by atoms with Crippen LogP contribution in [-0.4, -0.2) is 35.1 Å². The van der Waals surface area contributed by atoms with E-state index in [1.165, 1.54) is 0 Å². The molecule has 5 heterocycles. The highest BCUT2D eigenvalue weighted by molar-refractivity contribution is 5.97. The van der Waals surface area contributed by atoms with Crippen molar-refractivity contribution < 1.29 is 0 Å². The molecule has 6 rings (SSSR count). The van der Waals surface area contributed by atoms with Gasteiger partial charge in [0.25, 0.3) is 0 Å². The van der Waals surface area contributed by atoms with E-state index in [0.717, 1.165) is 55.7 Å². The molecule has 6 aromatic rings. The maximum atomic E-state index is 4.89. The molecule has 7 nitrogen and oxygen atoms in total. The molecule has 148 valence electrons. The first kappa shape index (κ1) is 17.5. The summed E-state index contributed by atoms with van der Waals surface area (Å²) in [7, 11) is 0. The molecule has 0 aliphatic carbocycles. The fraction of sp³-hybridized carbons (Fsp3) is 0.0417. The lowest BCUT2D eigenvalue weighted by Gasteiger charge is -2.02. The van der Waals surface area contributed by atoms with Crippen molar-refractivity contribution in [3.05, 3.63) is 78.9 Å². The van der Waals surface area contributed by atoms with Crippen molar-refractivity contribution in [2.75, 3.05) is 0 Å². The van der Waals surface area contributed by atoms with Crippen molar-refractivity contribution in [1.29, 1.82) is 0 Å². The van der Waals surface area contributed by atoms with Crippen LogP contribution in [0.4, 0.5) is 0 Å². The molecule has 0 radical (unpaired) electrons.